The number of likely N-dealkylation sites (tertiary alicyclic amines) is 1. The molecule has 0 spiro atoms. The highest BCUT2D eigenvalue weighted by Crippen LogP contribution is 2.25. The van der Waals surface area contributed by atoms with Gasteiger partial charge >= 0.3 is 0 Å². The van der Waals surface area contributed by atoms with Crippen LogP contribution in [0.1, 0.15) is 29.5 Å². The standard InChI is InChI=1S/C34H36N6O2/c41-29-12-10-25(11-13-29)16-19-35-34(42)22-27-24-40(31-9-5-4-8-30(27)31)33-15-14-32(37-38-33)36-28-17-20-39(21-18-28)23-26-6-2-1-3-7-26/h1-15,24,28,41H,16-23H2,(H,35,42)(H,36,37). The van der Waals surface area contributed by atoms with Gasteiger partial charge in [0.1, 0.15) is 11.6 Å². The van der Waals surface area contributed by atoms with E-state index < -0.39 is 0 Å². The molecule has 5 aromatic rings. The molecule has 3 N–H and O–H groups in total. The molecule has 1 amide bonds. The Morgan fingerprint density at radius 1 is 0.857 bits per heavy atom. The van der Waals surface area contributed by atoms with Crippen LogP contribution < -0.4 is 10.6 Å². The minimum atomic E-state index is -0.0304. The van der Waals surface area contributed by atoms with Gasteiger partial charge in [-0.3, -0.25) is 14.3 Å². The minimum absolute atomic E-state index is 0.0304. The van der Waals surface area contributed by atoms with E-state index in [1.807, 2.05) is 59.3 Å². The van der Waals surface area contributed by atoms with Crippen molar-refractivity contribution in [3.8, 4) is 11.6 Å². The van der Waals surface area contributed by atoms with Crippen LogP contribution in [0.4, 0.5) is 5.82 Å². The van der Waals surface area contributed by atoms with Crippen molar-refractivity contribution in [1.82, 2.24) is 25.0 Å². The first-order chi connectivity index (χ1) is 20.6. The number of amides is 1. The van der Waals surface area contributed by atoms with Gasteiger partial charge in [-0.15, -0.1) is 10.2 Å². The maximum absolute atomic E-state index is 12.8. The van der Waals surface area contributed by atoms with Crippen molar-refractivity contribution in [3.63, 3.8) is 0 Å². The number of rotatable bonds is 10. The molecule has 42 heavy (non-hydrogen) atoms. The SMILES string of the molecule is O=C(Cc1cn(-c2ccc(NC3CCN(Cc4ccccc4)CC3)nn2)c2ccccc12)NCCc1ccc(O)cc1. The fourth-order valence-electron chi connectivity index (χ4n) is 5.64. The fraction of sp³-hybridized carbons (Fsp3) is 0.265. The second-order valence-electron chi connectivity index (χ2n) is 10.9. The van der Waals surface area contributed by atoms with E-state index in [4.69, 9.17) is 0 Å². The van der Waals surface area contributed by atoms with Crippen molar-refractivity contribution in [2.24, 2.45) is 0 Å². The lowest BCUT2D eigenvalue weighted by molar-refractivity contribution is -0.120. The predicted octanol–water partition coefficient (Wildman–Crippen LogP) is 5.10. The van der Waals surface area contributed by atoms with Crippen molar-refractivity contribution in [2.75, 3.05) is 25.0 Å². The van der Waals surface area contributed by atoms with E-state index in [1.165, 1.54) is 5.56 Å². The number of aromatic nitrogens is 3. The average molecular weight is 561 g/mol. The number of carbonyl (C=O) groups excluding carboxylic acids is 1. The van der Waals surface area contributed by atoms with Crippen molar-refractivity contribution in [3.05, 3.63) is 114 Å². The number of phenols is 1. The monoisotopic (exact) mass is 560 g/mol. The molecule has 6 rings (SSSR count). The van der Waals surface area contributed by atoms with Crippen molar-refractivity contribution in [1.29, 1.82) is 0 Å². The second kappa shape index (κ2) is 12.9. The molecule has 1 fully saturated rings. The molecule has 1 aliphatic heterocycles. The fourth-order valence-corrected chi connectivity index (χ4v) is 5.64. The highest BCUT2D eigenvalue weighted by atomic mass is 16.3. The Labute approximate surface area is 246 Å². The summed E-state index contributed by atoms with van der Waals surface area (Å²) in [4.78, 5) is 15.3. The van der Waals surface area contributed by atoms with E-state index in [0.717, 1.165) is 60.3 Å². The summed E-state index contributed by atoms with van der Waals surface area (Å²) < 4.78 is 2.01. The van der Waals surface area contributed by atoms with Crippen LogP contribution in [-0.2, 0) is 24.2 Å². The molecule has 8 heteroatoms. The summed E-state index contributed by atoms with van der Waals surface area (Å²) in [5.74, 6) is 1.71. The number of phenolic OH excluding ortho intramolecular Hbond substituents is 1. The van der Waals surface area contributed by atoms with Gasteiger partial charge in [0.25, 0.3) is 0 Å². The third-order valence-electron chi connectivity index (χ3n) is 7.90. The topological polar surface area (TPSA) is 95.3 Å². The van der Waals surface area contributed by atoms with Gasteiger partial charge in [-0.25, -0.2) is 0 Å². The lowest BCUT2D eigenvalue weighted by atomic mass is 10.0. The molecule has 0 atom stereocenters. The Balaban J connectivity index is 1.05. The normalized spacial score (nSPS) is 14.2. The molecule has 2 aromatic heterocycles. The van der Waals surface area contributed by atoms with Gasteiger partial charge in [0, 0.05) is 43.8 Å². The second-order valence-corrected chi connectivity index (χ2v) is 10.9. The smallest absolute Gasteiger partial charge is 0.224 e. The zero-order valence-corrected chi connectivity index (χ0v) is 23.6. The number of nitrogens with zero attached hydrogens (tertiary/aromatic N) is 4. The Kier molecular flexibility index (Phi) is 8.42. The summed E-state index contributed by atoms with van der Waals surface area (Å²) >= 11 is 0. The first kappa shape index (κ1) is 27.5. The lowest BCUT2D eigenvalue weighted by Gasteiger charge is -2.32. The van der Waals surface area contributed by atoms with Crippen LogP contribution in [-0.4, -0.2) is 56.4 Å². The van der Waals surface area contributed by atoms with Crippen LogP contribution in [0.15, 0.2) is 97.2 Å². The highest BCUT2D eigenvalue weighted by molar-refractivity contribution is 5.90. The number of anilines is 1. The largest absolute Gasteiger partial charge is 0.508 e. The zero-order chi connectivity index (χ0) is 28.7. The maximum atomic E-state index is 12.8. The third kappa shape index (κ3) is 6.78. The molecule has 1 aliphatic rings. The highest BCUT2D eigenvalue weighted by Gasteiger charge is 2.20. The van der Waals surface area contributed by atoms with Gasteiger partial charge in [0.05, 0.1) is 11.9 Å². The van der Waals surface area contributed by atoms with E-state index in [0.29, 0.717) is 24.8 Å². The average Bonchev–Trinajstić information content (AvgIpc) is 3.38. The Morgan fingerprint density at radius 3 is 2.38 bits per heavy atom. The molecule has 0 bridgehead atoms. The zero-order valence-electron chi connectivity index (χ0n) is 23.6. The van der Waals surface area contributed by atoms with Gasteiger partial charge in [0.15, 0.2) is 5.82 Å². The minimum Gasteiger partial charge on any atom is -0.508 e. The van der Waals surface area contributed by atoms with E-state index in [2.05, 4.69) is 56.1 Å². The quantitative estimate of drug-likeness (QED) is 0.220. The third-order valence-corrected chi connectivity index (χ3v) is 7.90. The summed E-state index contributed by atoms with van der Waals surface area (Å²) in [6, 6.07) is 30.1. The van der Waals surface area contributed by atoms with Crippen LogP contribution in [0, 0.1) is 0 Å². The molecule has 0 aliphatic carbocycles. The molecule has 8 nitrogen and oxygen atoms in total. The molecule has 214 valence electrons. The van der Waals surface area contributed by atoms with E-state index in [1.54, 1.807) is 12.1 Å². The number of benzene rings is 3. The van der Waals surface area contributed by atoms with Crippen LogP contribution in [0.3, 0.4) is 0 Å². The molecule has 0 saturated carbocycles. The number of para-hydroxylation sites is 1. The van der Waals surface area contributed by atoms with Gasteiger partial charge in [-0.2, -0.15) is 0 Å². The number of hydrogen-bond acceptors (Lipinski definition) is 6. The molecule has 0 radical (unpaired) electrons. The number of aromatic hydroxyl groups is 1. The Bertz CT molecular complexity index is 1610. The number of piperidine rings is 1. The summed E-state index contributed by atoms with van der Waals surface area (Å²) in [5.41, 5.74) is 4.36. The van der Waals surface area contributed by atoms with Crippen LogP contribution in [0.25, 0.3) is 16.7 Å². The van der Waals surface area contributed by atoms with Crippen molar-refractivity contribution < 1.29 is 9.90 Å². The summed E-state index contributed by atoms with van der Waals surface area (Å²) in [7, 11) is 0. The van der Waals surface area contributed by atoms with Crippen LogP contribution in [0.5, 0.6) is 5.75 Å². The molecular formula is C34H36N6O2. The van der Waals surface area contributed by atoms with Gasteiger partial charge in [-0.1, -0.05) is 60.7 Å². The number of hydrogen-bond donors (Lipinski definition) is 3. The first-order valence-electron chi connectivity index (χ1n) is 14.6. The molecule has 3 heterocycles. The van der Waals surface area contributed by atoms with Crippen molar-refractivity contribution in [2.45, 2.75) is 38.3 Å². The summed E-state index contributed by atoms with van der Waals surface area (Å²) in [6.45, 7) is 3.64. The molecular weight excluding hydrogens is 524 g/mol. The predicted molar refractivity (Wildman–Crippen MR) is 166 cm³/mol. The molecule has 0 unspecified atom stereocenters. The number of carbonyl (C=O) groups is 1. The summed E-state index contributed by atoms with van der Waals surface area (Å²) in [5, 5.41) is 26.1. The molecule has 1 saturated heterocycles. The Hall–Kier alpha value is -4.69. The first-order valence-corrected chi connectivity index (χ1v) is 14.6. The van der Waals surface area contributed by atoms with Gasteiger partial charge in [-0.05, 0) is 66.3 Å². The van der Waals surface area contributed by atoms with Crippen LogP contribution >= 0.6 is 0 Å². The maximum Gasteiger partial charge on any atom is 0.224 e. The number of nitrogens with one attached hydrogen (secondary N) is 2. The van der Waals surface area contributed by atoms with E-state index >= 15 is 0 Å². The van der Waals surface area contributed by atoms with Crippen molar-refractivity contribution >= 4 is 22.6 Å². The molecule has 3 aromatic carbocycles. The Morgan fingerprint density at radius 2 is 1.62 bits per heavy atom. The summed E-state index contributed by atoms with van der Waals surface area (Å²) in [6.07, 6.45) is 5.11. The van der Waals surface area contributed by atoms with E-state index in [-0.39, 0.29) is 18.1 Å². The number of fused-ring (bicyclic) bond motifs is 1. The van der Waals surface area contributed by atoms with Crippen LogP contribution in [0.2, 0.25) is 0 Å². The van der Waals surface area contributed by atoms with Gasteiger partial charge in [0.2, 0.25) is 5.91 Å². The van der Waals surface area contributed by atoms with E-state index in [9.17, 15) is 9.90 Å². The van der Waals surface area contributed by atoms with Gasteiger partial charge < -0.3 is 15.7 Å². The lowest BCUT2D eigenvalue weighted by Crippen LogP contribution is -2.38.